The predicted octanol–water partition coefficient (Wildman–Crippen LogP) is 10.6. The lowest BCUT2D eigenvalue weighted by Gasteiger charge is -2.50. The molecule has 0 bridgehead atoms. The van der Waals surface area contributed by atoms with Gasteiger partial charge in [0.1, 0.15) is 11.6 Å². The summed E-state index contributed by atoms with van der Waals surface area (Å²) in [6, 6.07) is 0. The maximum atomic E-state index is 19.1. The molecule has 25 heteroatoms. The van der Waals surface area contributed by atoms with Gasteiger partial charge in [-0.15, -0.1) is 4.43 Å². The average Bonchev–Trinajstić information content (AvgIpc) is 3.63. The van der Waals surface area contributed by atoms with Gasteiger partial charge in [0.15, 0.2) is 111 Å². The molecule has 300 valence electrons. The minimum absolute atomic E-state index is 3.03. The largest absolute Gasteiger partial charge is 0.584 e. The van der Waals surface area contributed by atoms with Crippen LogP contribution in [-0.2, 0) is 9.06 Å². The molecule has 5 aromatic rings. The summed E-state index contributed by atoms with van der Waals surface area (Å²) in [6.07, 6.45) is 0. The molecule has 0 aliphatic heterocycles. The first-order chi connectivity index (χ1) is 26.2. The minimum atomic E-state index is -10.6. The van der Waals surface area contributed by atoms with Gasteiger partial charge in [-0.2, -0.15) is 0 Å². The zero-order valence-electron chi connectivity index (χ0n) is 25.6. The van der Waals surface area contributed by atoms with E-state index in [1.54, 1.807) is 0 Å². The molecule has 7 rings (SSSR count). The maximum Gasteiger partial charge on any atom is 0.476 e. The standard InChI is InChI=1S/2C13F9.C6F5.Al.FH/c2*14-5-3-1(6(15)10(19)12(21)8(3)17)2-4(5)9(18)13(22)11(20)7(2)16;7-2-1-3(8)5(10)6(11)4(2)9;;/h;;;;1H/p-1. The molecule has 0 N–H and O–H groups in total. The third-order valence-corrected chi connectivity index (χ3v) is 14.4. The Bertz CT molecular complexity index is 2440. The maximum absolute atomic E-state index is 19.1. The van der Waals surface area contributed by atoms with E-state index in [1.807, 2.05) is 0 Å². The van der Waals surface area contributed by atoms with Crippen LogP contribution in [-0.4, -0.2) is 13.5 Å². The molecule has 0 heterocycles. The fourth-order valence-corrected chi connectivity index (χ4v) is 12.5. The second-order valence-electron chi connectivity index (χ2n) is 12.2. The molecule has 0 saturated heterocycles. The Morgan fingerprint density at radius 3 is 0.596 bits per heavy atom. The quantitative estimate of drug-likeness (QED) is 0.0734. The number of fused-ring (bicyclic) bond motifs is 6. The molecule has 0 fully saturated rings. The van der Waals surface area contributed by atoms with Gasteiger partial charge in [-0.05, 0) is 0 Å². The molecule has 5 aromatic carbocycles. The lowest BCUT2D eigenvalue weighted by molar-refractivity contribution is 0.216. The first-order valence-corrected chi connectivity index (χ1v) is 16.6. The molecular formula is C32AlF24-. The highest BCUT2D eigenvalue weighted by Crippen LogP contribution is 2.68. The van der Waals surface area contributed by atoms with E-state index in [1.165, 1.54) is 0 Å². The molecule has 0 aromatic heterocycles. The third-order valence-electron chi connectivity index (χ3n) is 9.76. The Balaban J connectivity index is 1.93. The van der Waals surface area contributed by atoms with Crippen molar-refractivity contribution in [1.29, 1.82) is 0 Å². The number of alkyl halides is 2. The van der Waals surface area contributed by atoms with Crippen LogP contribution in [0.2, 0.25) is 0 Å². The van der Waals surface area contributed by atoms with Crippen molar-refractivity contribution in [2.45, 2.75) is 9.06 Å². The highest BCUT2D eigenvalue weighted by atomic mass is 27.3. The summed E-state index contributed by atoms with van der Waals surface area (Å²) in [4.78, 5) is 0. The summed E-state index contributed by atoms with van der Waals surface area (Å²) in [5, 5.41) is 0. The summed E-state index contributed by atoms with van der Waals surface area (Å²) in [5.41, 5.74) is -26.4. The van der Waals surface area contributed by atoms with Gasteiger partial charge in [0, 0.05) is 44.5 Å². The van der Waals surface area contributed by atoms with Gasteiger partial charge in [0.2, 0.25) is 0 Å². The van der Waals surface area contributed by atoms with Gasteiger partial charge < -0.3 is 3.52 Å². The molecular weight excluding hydrogens is 867 g/mol. The molecule has 2 aliphatic carbocycles. The van der Waals surface area contributed by atoms with Crippen LogP contribution in [0.25, 0.3) is 22.3 Å². The zero-order chi connectivity index (χ0) is 42.8. The number of benzene rings is 5. The van der Waals surface area contributed by atoms with Crippen LogP contribution >= 0.6 is 0 Å². The van der Waals surface area contributed by atoms with Crippen LogP contribution in [0.15, 0.2) is 0 Å². The molecule has 0 unspecified atom stereocenters. The second-order valence-corrected chi connectivity index (χ2v) is 15.9. The van der Waals surface area contributed by atoms with E-state index >= 15 is 56.2 Å². The SMILES string of the molecule is Fc1c(F)c(F)[c]([Al-]([F])([C]2(F)c3c(F)c(F)c(F)c(F)c3-c3c(F)c(F)c(F)c(F)c32)[C]2(F)c3c(F)c(F)c(F)c(F)c3-c3c(F)c(F)c(F)c(F)c32)c(F)c1F. The van der Waals surface area contributed by atoms with Crippen molar-refractivity contribution < 1.29 is 105 Å². The van der Waals surface area contributed by atoms with Crippen LogP contribution in [0, 0.1) is 122 Å². The molecule has 0 amide bonds. The van der Waals surface area contributed by atoms with Crippen LogP contribution in [0.4, 0.5) is 105 Å². The molecule has 0 nitrogen and oxygen atoms in total. The highest BCUT2D eigenvalue weighted by molar-refractivity contribution is 6.92. The smallest absolute Gasteiger partial charge is 0.476 e. The van der Waals surface area contributed by atoms with Gasteiger partial charge in [-0.1, -0.05) is 0 Å². The topological polar surface area (TPSA) is 0 Å². The molecule has 0 saturated carbocycles. The third kappa shape index (κ3) is 4.18. The lowest BCUT2D eigenvalue weighted by Crippen LogP contribution is -2.72. The summed E-state index contributed by atoms with van der Waals surface area (Å²) in [6.45, 7) is 0. The molecule has 2 aliphatic rings. The van der Waals surface area contributed by atoms with Crippen molar-refractivity contribution in [2.24, 2.45) is 0 Å². The van der Waals surface area contributed by atoms with Crippen molar-refractivity contribution in [3.63, 3.8) is 0 Å². The van der Waals surface area contributed by atoms with E-state index in [-0.39, 0.29) is 0 Å². The summed E-state index contributed by atoms with van der Waals surface area (Å²) in [5.74, 6) is -75.5. The van der Waals surface area contributed by atoms with Crippen molar-refractivity contribution in [3.8, 4) is 22.3 Å². The predicted molar refractivity (Wildman–Crippen MR) is 140 cm³/mol. The fraction of sp³-hybridized carbons (Fsp3) is 0.0625. The monoisotopic (exact) mass is 867 g/mol. The van der Waals surface area contributed by atoms with E-state index in [9.17, 15) is 48.3 Å². The first kappa shape index (κ1) is 40.2. The number of rotatable bonds is 3. The first-order valence-electron chi connectivity index (χ1n) is 14.4. The van der Waals surface area contributed by atoms with E-state index in [4.69, 9.17) is 0 Å². The van der Waals surface area contributed by atoms with Crippen molar-refractivity contribution in [2.75, 3.05) is 0 Å². The van der Waals surface area contributed by atoms with Gasteiger partial charge >= 0.3 is 13.5 Å². The minimum Gasteiger partial charge on any atom is -0.584 e. The lowest BCUT2D eigenvalue weighted by atomic mass is 10.0. The van der Waals surface area contributed by atoms with Crippen LogP contribution in [0.3, 0.4) is 0 Å². The number of halogens is 24. The van der Waals surface area contributed by atoms with E-state index in [0.717, 1.165) is 0 Å². The normalized spacial score (nSPS) is 14.9. The van der Waals surface area contributed by atoms with Crippen molar-refractivity contribution in [3.05, 3.63) is 144 Å². The summed E-state index contributed by atoms with van der Waals surface area (Å²) < 4.78 is 358. The van der Waals surface area contributed by atoms with E-state index in [2.05, 4.69) is 0 Å². The Morgan fingerprint density at radius 2 is 0.386 bits per heavy atom. The Morgan fingerprint density at radius 1 is 0.228 bits per heavy atom. The molecule has 0 atom stereocenters. The fourth-order valence-electron chi connectivity index (χ4n) is 7.52. The van der Waals surface area contributed by atoms with E-state index < -0.39 is 194 Å². The Labute approximate surface area is 298 Å². The van der Waals surface area contributed by atoms with Gasteiger partial charge in [-0.25, -0.2) is 92.2 Å². The Kier molecular flexibility index (Phi) is 8.45. The van der Waals surface area contributed by atoms with Crippen LogP contribution in [0.5, 0.6) is 0 Å². The summed E-state index contributed by atoms with van der Waals surface area (Å²) >= 11 is -10.6. The van der Waals surface area contributed by atoms with Crippen LogP contribution < -0.4 is 4.43 Å². The van der Waals surface area contributed by atoms with Gasteiger partial charge in [0.05, 0.1) is 9.06 Å². The number of hydrogen-bond donors (Lipinski definition) is 0. The Hall–Kier alpha value is -5.05. The van der Waals surface area contributed by atoms with Crippen molar-refractivity contribution in [1.82, 2.24) is 0 Å². The van der Waals surface area contributed by atoms with Gasteiger partial charge in [0.25, 0.3) is 0 Å². The van der Waals surface area contributed by atoms with E-state index in [0.29, 0.717) is 0 Å². The second kappa shape index (κ2) is 12.0. The number of hydrogen-bond acceptors (Lipinski definition) is 0. The summed E-state index contributed by atoms with van der Waals surface area (Å²) in [7, 11) is 0. The van der Waals surface area contributed by atoms with Crippen molar-refractivity contribution >= 4 is 18.0 Å². The van der Waals surface area contributed by atoms with Gasteiger partial charge in [-0.3, -0.25) is 8.78 Å². The zero-order valence-corrected chi connectivity index (χ0v) is 26.8. The molecule has 0 radical (unpaired) electrons. The molecule has 57 heavy (non-hydrogen) atoms. The van der Waals surface area contributed by atoms with Crippen LogP contribution in [0.1, 0.15) is 22.3 Å². The average molecular weight is 867 g/mol. The molecule has 0 spiro atoms. The highest BCUT2D eigenvalue weighted by Gasteiger charge is 2.78.